The van der Waals surface area contributed by atoms with Crippen molar-refractivity contribution in [3.8, 4) is 0 Å². The molecule has 0 atom stereocenters. The summed E-state index contributed by atoms with van der Waals surface area (Å²) in [5.41, 5.74) is 4.96. The fraction of sp³-hybridized carbons (Fsp3) is 0.154. The maximum Gasteiger partial charge on any atom is 0.0804 e. The minimum absolute atomic E-state index is 0.881. The van der Waals surface area contributed by atoms with Gasteiger partial charge in [-0.2, -0.15) is 0 Å². The smallest absolute Gasteiger partial charge is 0.0804 e. The lowest BCUT2D eigenvalue weighted by molar-refractivity contribution is 0.944. The molecule has 0 unspecified atom stereocenters. The third kappa shape index (κ3) is 2.14. The maximum absolute atomic E-state index is 4.69. The third-order valence-electron chi connectivity index (χ3n) is 2.84. The highest BCUT2D eigenvalue weighted by molar-refractivity contribution is 9.12. The number of nitrogens with zero attached hydrogens (tertiary/aromatic N) is 1. The van der Waals surface area contributed by atoms with Crippen molar-refractivity contribution in [3.05, 3.63) is 54.6 Å². The van der Waals surface area contributed by atoms with Gasteiger partial charge in [0.05, 0.1) is 13.3 Å². The summed E-state index contributed by atoms with van der Waals surface area (Å²) in [6, 6.07) is 10.7. The van der Waals surface area contributed by atoms with Crippen LogP contribution in [0.25, 0.3) is 0 Å². The average Bonchev–Trinajstić information content (AvgIpc) is 2.68. The number of thiophene rings is 1. The van der Waals surface area contributed by atoms with Crippen LogP contribution >= 0.6 is 43.2 Å². The van der Waals surface area contributed by atoms with Crippen molar-refractivity contribution in [2.24, 2.45) is 4.99 Å². The van der Waals surface area contributed by atoms with Gasteiger partial charge in [0, 0.05) is 17.7 Å². The van der Waals surface area contributed by atoms with Gasteiger partial charge in [-0.15, -0.1) is 11.3 Å². The monoisotopic (exact) mass is 369 g/mol. The molecule has 4 heteroatoms. The van der Waals surface area contributed by atoms with E-state index in [0.717, 1.165) is 26.3 Å². The van der Waals surface area contributed by atoms with E-state index in [4.69, 9.17) is 0 Å². The second-order valence-corrected chi connectivity index (χ2v) is 7.62. The first-order chi connectivity index (χ1) is 8.25. The van der Waals surface area contributed by atoms with E-state index in [-0.39, 0.29) is 0 Å². The fourth-order valence-corrected chi connectivity index (χ4v) is 4.88. The van der Waals surface area contributed by atoms with E-state index in [2.05, 4.69) is 67.2 Å². The van der Waals surface area contributed by atoms with Gasteiger partial charge in [-0.3, -0.25) is 4.99 Å². The summed E-state index contributed by atoms with van der Waals surface area (Å²) in [5, 5.41) is 0. The minimum atomic E-state index is 0.881. The number of hydrogen-bond donors (Lipinski definition) is 0. The zero-order valence-corrected chi connectivity index (χ0v) is 12.9. The predicted molar refractivity (Wildman–Crippen MR) is 80.4 cm³/mol. The lowest BCUT2D eigenvalue weighted by Crippen LogP contribution is -2.13. The van der Waals surface area contributed by atoms with Gasteiger partial charge in [-0.1, -0.05) is 24.3 Å². The SMILES string of the molecule is Brc1cc(C2=NCCc3ccccc32)c(Br)s1. The molecule has 0 radical (unpaired) electrons. The molecule has 0 amide bonds. The van der Waals surface area contributed by atoms with E-state index in [1.54, 1.807) is 11.3 Å². The maximum atomic E-state index is 4.69. The molecule has 1 nitrogen and oxygen atoms in total. The van der Waals surface area contributed by atoms with Crippen LogP contribution in [0.15, 0.2) is 42.9 Å². The highest BCUT2D eigenvalue weighted by atomic mass is 79.9. The lowest BCUT2D eigenvalue weighted by Gasteiger charge is -2.16. The summed E-state index contributed by atoms with van der Waals surface area (Å²) >= 11 is 8.83. The number of rotatable bonds is 1. The Morgan fingerprint density at radius 2 is 1.94 bits per heavy atom. The quantitative estimate of drug-likeness (QED) is 0.691. The molecule has 2 heterocycles. The molecule has 0 N–H and O–H groups in total. The van der Waals surface area contributed by atoms with E-state index in [0.29, 0.717) is 0 Å². The Kier molecular flexibility index (Phi) is 3.19. The molecular formula is C13H9Br2NS. The second kappa shape index (κ2) is 4.67. The van der Waals surface area contributed by atoms with Crippen molar-refractivity contribution >= 4 is 48.9 Å². The minimum Gasteiger partial charge on any atom is -0.284 e. The molecule has 0 saturated carbocycles. The zero-order chi connectivity index (χ0) is 11.8. The summed E-state index contributed by atoms with van der Waals surface area (Å²) < 4.78 is 2.27. The first kappa shape index (κ1) is 11.6. The van der Waals surface area contributed by atoms with Gasteiger partial charge in [0.1, 0.15) is 0 Å². The van der Waals surface area contributed by atoms with Crippen LogP contribution in [-0.4, -0.2) is 12.3 Å². The van der Waals surface area contributed by atoms with Crippen LogP contribution in [0.3, 0.4) is 0 Å². The fourth-order valence-electron chi connectivity index (χ4n) is 2.07. The summed E-state index contributed by atoms with van der Waals surface area (Å²) in [6.45, 7) is 0.881. The number of hydrogen-bond acceptors (Lipinski definition) is 2. The van der Waals surface area contributed by atoms with Crippen molar-refractivity contribution < 1.29 is 0 Å². The van der Waals surface area contributed by atoms with Crippen molar-refractivity contribution in [3.63, 3.8) is 0 Å². The molecule has 1 aromatic carbocycles. The molecule has 0 bridgehead atoms. The number of fused-ring (bicyclic) bond motifs is 1. The zero-order valence-electron chi connectivity index (χ0n) is 8.91. The van der Waals surface area contributed by atoms with Crippen molar-refractivity contribution in [1.29, 1.82) is 0 Å². The van der Waals surface area contributed by atoms with Crippen molar-refractivity contribution in [2.75, 3.05) is 6.54 Å². The van der Waals surface area contributed by atoms with E-state index >= 15 is 0 Å². The van der Waals surface area contributed by atoms with Crippen molar-refractivity contribution in [1.82, 2.24) is 0 Å². The van der Waals surface area contributed by atoms with Crippen LogP contribution < -0.4 is 0 Å². The first-order valence-electron chi connectivity index (χ1n) is 5.33. The van der Waals surface area contributed by atoms with Crippen LogP contribution in [0.2, 0.25) is 0 Å². The lowest BCUT2D eigenvalue weighted by atomic mass is 9.95. The molecule has 0 fully saturated rings. The van der Waals surface area contributed by atoms with Crippen LogP contribution in [0, 0.1) is 0 Å². The Morgan fingerprint density at radius 3 is 2.71 bits per heavy atom. The van der Waals surface area contributed by atoms with Crippen LogP contribution in [-0.2, 0) is 6.42 Å². The Morgan fingerprint density at radius 1 is 1.12 bits per heavy atom. The topological polar surface area (TPSA) is 12.4 Å². The van der Waals surface area contributed by atoms with Gasteiger partial charge in [-0.05, 0) is 49.9 Å². The van der Waals surface area contributed by atoms with E-state index in [1.807, 2.05) is 0 Å². The van der Waals surface area contributed by atoms with E-state index in [9.17, 15) is 0 Å². The summed E-state index contributed by atoms with van der Waals surface area (Å²) in [6.07, 6.45) is 1.04. The summed E-state index contributed by atoms with van der Waals surface area (Å²) in [5.74, 6) is 0. The highest BCUT2D eigenvalue weighted by Gasteiger charge is 2.18. The third-order valence-corrected chi connectivity index (χ3v) is 5.17. The molecule has 1 aromatic heterocycles. The Labute approximate surface area is 121 Å². The molecule has 2 aromatic rings. The number of halogens is 2. The van der Waals surface area contributed by atoms with Crippen molar-refractivity contribution in [2.45, 2.75) is 6.42 Å². The Bertz CT molecular complexity index is 601. The van der Waals surface area contributed by atoms with E-state index < -0.39 is 0 Å². The van der Waals surface area contributed by atoms with Gasteiger partial charge < -0.3 is 0 Å². The number of benzene rings is 1. The number of aliphatic imine (C=N–C) groups is 1. The average molecular weight is 371 g/mol. The molecule has 86 valence electrons. The predicted octanol–water partition coefficient (Wildman–Crippen LogP) is 4.67. The largest absolute Gasteiger partial charge is 0.284 e. The first-order valence-corrected chi connectivity index (χ1v) is 7.74. The molecule has 1 aliphatic rings. The summed E-state index contributed by atoms with van der Waals surface area (Å²) in [4.78, 5) is 4.69. The second-order valence-electron chi connectivity index (χ2n) is 3.88. The van der Waals surface area contributed by atoms with Crippen LogP contribution in [0.1, 0.15) is 16.7 Å². The molecule has 0 spiro atoms. The van der Waals surface area contributed by atoms with Crippen LogP contribution in [0.4, 0.5) is 0 Å². The van der Waals surface area contributed by atoms with Crippen LogP contribution in [0.5, 0.6) is 0 Å². The van der Waals surface area contributed by atoms with Gasteiger partial charge in [0.25, 0.3) is 0 Å². The Hall–Kier alpha value is -0.450. The molecular weight excluding hydrogens is 362 g/mol. The molecule has 17 heavy (non-hydrogen) atoms. The normalized spacial score (nSPS) is 14.4. The van der Waals surface area contributed by atoms with Gasteiger partial charge in [-0.25, -0.2) is 0 Å². The molecule has 3 rings (SSSR count). The van der Waals surface area contributed by atoms with Gasteiger partial charge >= 0.3 is 0 Å². The van der Waals surface area contributed by atoms with E-state index in [1.165, 1.54) is 16.7 Å². The van der Waals surface area contributed by atoms with Gasteiger partial charge in [0.2, 0.25) is 0 Å². The molecule has 0 saturated heterocycles. The molecule has 1 aliphatic heterocycles. The highest BCUT2D eigenvalue weighted by Crippen LogP contribution is 2.34. The summed E-state index contributed by atoms with van der Waals surface area (Å²) in [7, 11) is 0. The van der Waals surface area contributed by atoms with Gasteiger partial charge in [0.15, 0.2) is 0 Å². The molecule has 0 aliphatic carbocycles. The standard InChI is InChI=1S/C13H9Br2NS/c14-11-7-10(13(15)17-11)12-9-4-2-1-3-8(9)5-6-16-12/h1-4,7H,5-6H2. The Balaban J connectivity index is 2.16.